The number of aromatic nitrogens is 3. The third-order valence-corrected chi connectivity index (χ3v) is 4.78. The molecule has 0 aliphatic rings. The zero-order valence-electron chi connectivity index (χ0n) is 18.8. The fraction of sp³-hybridized carbons (Fsp3) is 0.292. The first-order valence-corrected chi connectivity index (χ1v) is 10.5. The first-order valence-electron chi connectivity index (χ1n) is 10.5. The molecule has 32 heavy (non-hydrogen) atoms. The summed E-state index contributed by atoms with van der Waals surface area (Å²) >= 11 is 0. The number of hydrogen-bond donors (Lipinski definition) is 2. The Balaban J connectivity index is 1.44. The number of ether oxygens (including phenoxy) is 1. The number of imidazole rings is 1. The Labute approximate surface area is 186 Å². The lowest BCUT2D eigenvalue weighted by Crippen LogP contribution is -2.19. The number of carbonyl (C=O) groups is 1. The van der Waals surface area contributed by atoms with E-state index in [1.54, 1.807) is 12.4 Å². The highest BCUT2D eigenvalue weighted by Gasteiger charge is 2.20. The summed E-state index contributed by atoms with van der Waals surface area (Å²) in [6.45, 7) is 10.0. The summed E-state index contributed by atoms with van der Waals surface area (Å²) in [6, 6.07) is 14.7. The molecule has 0 radical (unpaired) electrons. The number of nitrogens with one attached hydrogen (secondary N) is 2. The Morgan fingerprint density at radius 2 is 1.81 bits per heavy atom. The molecular weight excluding hydrogens is 406 g/mol. The predicted molar refractivity (Wildman–Crippen MR) is 125 cm³/mol. The van der Waals surface area contributed by atoms with E-state index in [0.29, 0.717) is 17.3 Å². The van der Waals surface area contributed by atoms with Crippen LogP contribution in [0, 0.1) is 0 Å². The molecule has 2 aromatic carbocycles. The highest BCUT2D eigenvalue weighted by atomic mass is 16.5. The van der Waals surface area contributed by atoms with E-state index >= 15 is 0 Å². The summed E-state index contributed by atoms with van der Waals surface area (Å²) in [5, 5.41) is 9.38. The van der Waals surface area contributed by atoms with E-state index in [9.17, 15) is 4.79 Å². The summed E-state index contributed by atoms with van der Waals surface area (Å²) in [5.41, 5.74) is 3.23. The molecule has 0 spiro atoms. The number of urea groups is 1. The highest BCUT2D eigenvalue weighted by molar-refractivity contribution is 5.99. The van der Waals surface area contributed by atoms with Crippen LogP contribution in [-0.2, 0) is 5.41 Å². The molecule has 166 valence electrons. The number of benzene rings is 2. The maximum Gasteiger partial charge on any atom is 0.324 e. The van der Waals surface area contributed by atoms with Crippen LogP contribution in [0.4, 0.5) is 16.3 Å². The van der Waals surface area contributed by atoms with Crippen LogP contribution in [-0.4, -0.2) is 26.8 Å². The Kier molecular flexibility index (Phi) is 5.61. The lowest BCUT2D eigenvalue weighted by molar-refractivity contribution is 0.242. The van der Waals surface area contributed by atoms with Crippen LogP contribution >= 0.6 is 0 Å². The number of rotatable bonds is 5. The van der Waals surface area contributed by atoms with Crippen molar-refractivity contribution in [2.45, 2.75) is 46.1 Å². The van der Waals surface area contributed by atoms with Crippen LogP contribution in [0.1, 0.15) is 40.4 Å². The third-order valence-electron chi connectivity index (χ3n) is 4.78. The van der Waals surface area contributed by atoms with Gasteiger partial charge in [0.2, 0.25) is 0 Å². The number of anilines is 2. The van der Waals surface area contributed by atoms with Crippen molar-refractivity contribution in [1.29, 1.82) is 0 Å². The van der Waals surface area contributed by atoms with Gasteiger partial charge < -0.3 is 14.6 Å². The van der Waals surface area contributed by atoms with E-state index in [0.717, 1.165) is 22.5 Å². The van der Waals surface area contributed by atoms with Crippen molar-refractivity contribution in [3.63, 3.8) is 0 Å². The Morgan fingerprint density at radius 3 is 2.47 bits per heavy atom. The maximum atomic E-state index is 12.3. The number of nitrogens with zero attached hydrogens (tertiary/aromatic N) is 3. The summed E-state index contributed by atoms with van der Waals surface area (Å²) in [7, 11) is 0. The molecule has 0 saturated heterocycles. The number of amides is 2. The molecule has 0 saturated carbocycles. The van der Waals surface area contributed by atoms with Gasteiger partial charge in [-0.15, -0.1) is 0 Å². The van der Waals surface area contributed by atoms with Crippen molar-refractivity contribution in [2.24, 2.45) is 0 Å². The highest BCUT2D eigenvalue weighted by Crippen LogP contribution is 2.25. The van der Waals surface area contributed by atoms with Crippen molar-refractivity contribution in [2.75, 3.05) is 10.6 Å². The quantitative estimate of drug-likeness (QED) is 0.418. The third kappa shape index (κ3) is 4.74. The van der Waals surface area contributed by atoms with Gasteiger partial charge in [-0.3, -0.25) is 9.88 Å². The standard InChI is InChI=1S/C24H27N5O3/c1-15(2)31-18-10-11-20-19(12-18)25-14-29(20)17-8-6-16(7-9-17)26-23(30)27-22-13-21(32-28-22)24(3,4)5/h6-15H,1-5H3,(H2,26,27,28,30). The van der Waals surface area contributed by atoms with E-state index in [-0.39, 0.29) is 11.5 Å². The second-order valence-electron chi connectivity index (χ2n) is 8.88. The molecule has 4 aromatic rings. The maximum absolute atomic E-state index is 12.3. The normalized spacial score (nSPS) is 11.7. The van der Waals surface area contributed by atoms with Gasteiger partial charge in [0.1, 0.15) is 17.8 Å². The second-order valence-corrected chi connectivity index (χ2v) is 8.88. The van der Waals surface area contributed by atoms with Crippen LogP contribution in [0.2, 0.25) is 0 Å². The van der Waals surface area contributed by atoms with E-state index in [2.05, 4.69) is 20.8 Å². The molecule has 4 rings (SSSR count). The molecule has 2 N–H and O–H groups in total. The molecule has 0 fully saturated rings. The Hall–Kier alpha value is -3.81. The van der Waals surface area contributed by atoms with Gasteiger partial charge in [0, 0.05) is 28.9 Å². The van der Waals surface area contributed by atoms with Gasteiger partial charge in [-0.1, -0.05) is 25.9 Å². The molecule has 2 aromatic heterocycles. The molecule has 8 nitrogen and oxygen atoms in total. The van der Waals surface area contributed by atoms with E-state index < -0.39 is 6.03 Å². The molecule has 2 heterocycles. The molecule has 0 unspecified atom stereocenters. The van der Waals surface area contributed by atoms with Gasteiger partial charge in [-0.05, 0) is 50.2 Å². The van der Waals surface area contributed by atoms with Gasteiger partial charge in [-0.25, -0.2) is 9.78 Å². The summed E-state index contributed by atoms with van der Waals surface area (Å²) in [5.74, 6) is 1.87. The monoisotopic (exact) mass is 433 g/mol. The lowest BCUT2D eigenvalue weighted by atomic mass is 9.93. The van der Waals surface area contributed by atoms with Crippen molar-refractivity contribution in [1.82, 2.24) is 14.7 Å². The van der Waals surface area contributed by atoms with Crippen LogP contribution in [0.5, 0.6) is 5.75 Å². The minimum atomic E-state index is -0.391. The fourth-order valence-corrected chi connectivity index (χ4v) is 3.22. The van der Waals surface area contributed by atoms with E-state index in [4.69, 9.17) is 9.26 Å². The van der Waals surface area contributed by atoms with Gasteiger partial charge in [-0.2, -0.15) is 0 Å². The summed E-state index contributed by atoms with van der Waals surface area (Å²) < 4.78 is 13.0. The molecular formula is C24H27N5O3. The zero-order chi connectivity index (χ0) is 22.9. The zero-order valence-corrected chi connectivity index (χ0v) is 18.8. The topological polar surface area (TPSA) is 94.2 Å². The molecule has 0 atom stereocenters. The smallest absolute Gasteiger partial charge is 0.324 e. The molecule has 8 heteroatoms. The first-order chi connectivity index (χ1) is 15.2. The minimum Gasteiger partial charge on any atom is -0.491 e. The Morgan fingerprint density at radius 1 is 1.06 bits per heavy atom. The summed E-state index contributed by atoms with van der Waals surface area (Å²) in [4.78, 5) is 16.8. The summed E-state index contributed by atoms with van der Waals surface area (Å²) in [6.07, 6.45) is 1.88. The van der Waals surface area contributed by atoms with E-state index in [1.165, 1.54) is 0 Å². The average molecular weight is 434 g/mol. The molecule has 0 aliphatic carbocycles. The van der Waals surface area contributed by atoms with Crippen molar-refractivity contribution >= 4 is 28.6 Å². The van der Waals surface area contributed by atoms with E-state index in [1.807, 2.05) is 81.7 Å². The number of hydrogen-bond acceptors (Lipinski definition) is 5. The van der Waals surface area contributed by atoms with Gasteiger partial charge in [0.25, 0.3) is 0 Å². The van der Waals surface area contributed by atoms with Crippen molar-refractivity contribution < 1.29 is 14.1 Å². The van der Waals surface area contributed by atoms with Gasteiger partial charge in [0.05, 0.1) is 17.1 Å². The average Bonchev–Trinajstić information content (AvgIpc) is 3.35. The van der Waals surface area contributed by atoms with Crippen LogP contribution in [0.15, 0.2) is 59.4 Å². The van der Waals surface area contributed by atoms with Gasteiger partial charge in [0.15, 0.2) is 5.82 Å². The van der Waals surface area contributed by atoms with Crippen LogP contribution in [0.25, 0.3) is 16.7 Å². The number of carbonyl (C=O) groups excluding carboxylic acids is 1. The fourth-order valence-electron chi connectivity index (χ4n) is 3.22. The predicted octanol–water partition coefficient (Wildman–Crippen LogP) is 5.74. The molecule has 0 bridgehead atoms. The van der Waals surface area contributed by atoms with Crippen molar-refractivity contribution in [3.8, 4) is 11.4 Å². The van der Waals surface area contributed by atoms with Crippen LogP contribution < -0.4 is 15.4 Å². The molecule has 0 aliphatic heterocycles. The first kappa shape index (κ1) is 21.4. The Bertz CT molecular complexity index is 1230. The van der Waals surface area contributed by atoms with Crippen LogP contribution in [0.3, 0.4) is 0 Å². The molecule has 2 amide bonds. The SMILES string of the molecule is CC(C)Oc1ccc2c(c1)ncn2-c1ccc(NC(=O)Nc2cc(C(C)(C)C)on2)cc1. The van der Waals surface area contributed by atoms with Crippen molar-refractivity contribution in [3.05, 3.63) is 60.6 Å². The lowest BCUT2D eigenvalue weighted by Gasteiger charge is -2.12. The van der Waals surface area contributed by atoms with Gasteiger partial charge >= 0.3 is 6.03 Å². The second kappa shape index (κ2) is 8.37. The number of fused-ring (bicyclic) bond motifs is 1. The largest absolute Gasteiger partial charge is 0.491 e. The minimum absolute atomic E-state index is 0.108.